The van der Waals surface area contributed by atoms with Crippen molar-refractivity contribution in [1.82, 2.24) is 9.21 Å². The second kappa shape index (κ2) is 7.51. The first-order chi connectivity index (χ1) is 13.1. The summed E-state index contributed by atoms with van der Waals surface area (Å²) >= 11 is 0. The average Bonchev–Trinajstić information content (AvgIpc) is 2.67. The SMILES string of the molecule is Cc1ccc(C(=O)N2CCN(S(=O)(=O)c3ccc(F)c(F)c3F)CC2)cc1F. The van der Waals surface area contributed by atoms with Crippen LogP contribution in [0, 0.1) is 30.2 Å². The number of carbonyl (C=O) groups is 1. The Hall–Kier alpha value is -2.46. The van der Waals surface area contributed by atoms with Crippen LogP contribution in [0.25, 0.3) is 0 Å². The van der Waals surface area contributed by atoms with Gasteiger partial charge in [-0.15, -0.1) is 0 Å². The first kappa shape index (κ1) is 20.3. The van der Waals surface area contributed by atoms with Gasteiger partial charge in [-0.3, -0.25) is 4.79 Å². The third-order valence-corrected chi connectivity index (χ3v) is 6.48. The molecule has 3 rings (SSSR count). The van der Waals surface area contributed by atoms with E-state index in [-0.39, 0.29) is 31.7 Å². The van der Waals surface area contributed by atoms with Crippen LogP contribution in [0.15, 0.2) is 35.2 Å². The molecule has 0 spiro atoms. The minimum absolute atomic E-state index is 0.0150. The van der Waals surface area contributed by atoms with E-state index in [9.17, 15) is 30.8 Å². The van der Waals surface area contributed by atoms with E-state index in [1.807, 2.05) is 0 Å². The number of halogens is 4. The van der Waals surface area contributed by atoms with Gasteiger partial charge in [-0.05, 0) is 36.8 Å². The van der Waals surface area contributed by atoms with Gasteiger partial charge in [0.15, 0.2) is 17.5 Å². The Morgan fingerprint density at radius 1 is 0.893 bits per heavy atom. The molecule has 28 heavy (non-hydrogen) atoms. The van der Waals surface area contributed by atoms with Crippen LogP contribution >= 0.6 is 0 Å². The van der Waals surface area contributed by atoms with E-state index in [0.29, 0.717) is 17.7 Å². The molecule has 5 nitrogen and oxygen atoms in total. The summed E-state index contributed by atoms with van der Waals surface area (Å²) in [5.41, 5.74) is 0.520. The number of sulfonamides is 1. The van der Waals surface area contributed by atoms with Crippen LogP contribution in [0.3, 0.4) is 0 Å². The fraction of sp³-hybridized carbons (Fsp3) is 0.278. The molecule has 150 valence electrons. The van der Waals surface area contributed by atoms with Crippen molar-refractivity contribution in [1.29, 1.82) is 0 Å². The molecule has 1 heterocycles. The number of piperazine rings is 1. The maximum atomic E-state index is 13.9. The quantitative estimate of drug-likeness (QED) is 0.571. The van der Waals surface area contributed by atoms with Gasteiger partial charge >= 0.3 is 0 Å². The zero-order valence-corrected chi connectivity index (χ0v) is 15.6. The molecule has 0 radical (unpaired) electrons. The molecule has 1 amide bonds. The van der Waals surface area contributed by atoms with Crippen molar-refractivity contribution in [2.45, 2.75) is 11.8 Å². The highest BCUT2D eigenvalue weighted by Crippen LogP contribution is 2.24. The molecule has 1 fully saturated rings. The molecule has 2 aromatic carbocycles. The molecule has 10 heteroatoms. The monoisotopic (exact) mass is 416 g/mol. The summed E-state index contributed by atoms with van der Waals surface area (Å²) in [5.74, 6) is -6.13. The zero-order valence-electron chi connectivity index (χ0n) is 14.8. The Bertz CT molecular complexity index is 1040. The third kappa shape index (κ3) is 3.61. The number of amides is 1. The fourth-order valence-electron chi connectivity index (χ4n) is 2.89. The molecule has 0 aliphatic carbocycles. The van der Waals surface area contributed by atoms with E-state index in [1.165, 1.54) is 17.0 Å². The van der Waals surface area contributed by atoms with Crippen molar-refractivity contribution in [3.8, 4) is 0 Å². The van der Waals surface area contributed by atoms with Crippen molar-refractivity contribution in [2.75, 3.05) is 26.2 Å². The van der Waals surface area contributed by atoms with Crippen LogP contribution in [0.2, 0.25) is 0 Å². The van der Waals surface area contributed by atoms with E-state index in [2.05, 4.69) is 0 Å². The van der Waals surface area contributed by atoms with Crippen LogP contribution < -0.4 is 0 Å². The second-order valence-corrected chi connectivity index (χ2v) is 8.24. The van der Waals surface area contributed by atoms with E-state index in [0.717, 1.165) is 10.4 Å². The van der Waals surface area contributed by atoms with Gasteiger partial charge in [0.05, 0.1) is 0 Å². The normalized spacial score (nSPS) is 15.7. The summed E-state index contributed by atoms with van der Waals surface area (Å²) in [4.78, 5) is 12.8. The number of hydrogen-bond acceptors (Lipinski definition) is 3. The molecule has 0 aromatic heterocycles. The standard InChI is InChI=1S/C18H16F4N2O3S/c1-11-2-3-12(10-14(11)20)18(25)23-6-8-24(9-7-23)28(26,27)15-5-4-13(19)16(21)17(15)22/h2-5,10H,6-9H2,1H3. The van der Waals surface area contributed by atoms with Gasteiger partial charge in [-0.2, -0.15) is 4.31 Å². The predicted molar refractivity (Wildman–Crippen MR) is 92.1 cm³/mol. The summed E-state index contributed by atoms with van der Waals surface area (Å²) < 4.78 is 80.0. The van der Waals surface area contributed by atoms with Crippen molar-refractivity contribution < 1.29 is 30.8 Å². The van der Waals surface area contributed by atoms with Gasteiger partial charge in [-0.25, -0.2) is 26.0 Å². The third-order valence-electron chi connectivity index (χ3n) is 4.56. The Morgan fingerprint density at radius 3 is 2.14 bits per heavy atom. The lowest BCUT2D eigenvalue weighted by molar-refractivity contribution is 0.0697. The average molecular weight is 416 g/mol. The lowest BCUT2D eigenvalue weighted by Crippen LogP contribution is -2.50. The van der Waals surface area contributed by atoms with Crippen molar-refractivity contribution in [2.24, 2.45) is 0 Å². The molecular formula is C18H16F4N2O3S. The molecule has 1 aliphatic rings. The van der Waals surface area contributed by atoms with E-state index in [1.54, 1.807) is 6.92 Å². The Kier molecular flexibility index (Phi) is 5.44. The summed E-state index contributed by atoms with van der Waals surface area (Å²) in [6.07, 6.45) is 0. The first-order valence-electron chi connectivity index (χ1n) is 8.32. The summed E-state index contributed by atoms with van der Waals surface area (Å²) in [6.45, 7) is 1.20. The largest absolute Gasteiger partial charge is 0.336 e. The van der Waals surface area contributed by atoms with Gasteiger partial charge in [0.25, 0.3) is 5.91 Å². The predicted octanol–water partition coefficient (Wildman–Crippen LogP) is 2.70. The molecule has 1 aliphatic heterocycles. The topological polar surface area (TPSA) is 57.7 Å². The summed E-state index contributed by atoms with van der Waals surface area (Å²) in [5, 5.41) is 0. The Balaban J connectivity index is 1.75. The minimum Gasteiger partial charge on any atom is -0.336 e. The van der Waals surface area contributed by atoms with E-state index in [4.69, 9.17) is 0 Å². The zero-order chi connectivity index (χ0) is 20.6. The van der Waals surface area contributed by atoms with E-state index < -0.39 is 44.1 Å². The van der Waals surface area contributed by atoms with E-state index >= 15 is 0 Å². The highest BCUT2D eigenvalue weighted by Gasteiger charge is 2.33. The smallest absolute Gasteiger partial charge is 0.254 e. The fourth-order valence-corrected chi connectivity index (χ4v) is 4.36. The van der Waals surface area contributed by atoms with Crippen LogP contribution in [0.5, 0.6) is 0 Å². The Labute approximate surface area is 159 Å². The second-order valence-electron chi connectivity index (χ2n) is 6.33. The number of nitrogens with zero attached hydrogens (tertiary/aromatic N) is 2. The van der Waals surface area contributed by atoms with Gasteiger partial charge in [0.2, 0.25) is 10.0 Å². The first-order valence-corrected chi connectivity index (χ1v) is 9.76. The molecule has 0 N–H and O–H groups in total. The molecule has 2 aromatic rings. The van der Waals surface area contributed by atoms with Crippen LogP contribution in [0.4, 0.5) is 17.6 Å². The molecule has 0 saturated carbocycles. The van der Waals surface area contributed by atoms with Crippen LogP contribution in [-0.2, 0) is 10.0 Å². The molecule has 0 atom stereocenters. The van der Waals surface area contributed by atoms with Crippen molar-refractivity contribution >= 4 is 15.9 Å². The maximum Gasteiger partial charge on any atom is 0.254 e. The van der Waals surface area contributed by atoms with Crippen LogP contribution in [0.1, 0.15) is 15.9 Å². The summed E-state index contributed by atoms with van der Waals surface area (Å²) in [6, 6.07) is 5.25. The van der Waals surface area contributed by atoms with Crippen LogP contribution in [-0.4, -0.2) is 49.7 Å². The minimum atomic E-state index is -4.40. The van der Waals surface area contributed by atoms with Gasteiger partial charge in [0.1, 0.15) is 10.7 Å². The van der Waals surface area contributed by atoms with Gasteiger partial charge in [0, 0.05) is 31.7 Å². The molecule has 0 unspecified atom stereocenters. The lowest BCUT2D eigenvalue weighted by Gasteiger charge is -2.34. The highest BCUT2D eigenvalue weighted by atomic mass is 32.2. The highest BCUT2D eigenvalue weighted by molar-refractivity contribution is 7.89. The summed E-state index contributed by atoms with van der Waals surface area (Å²) in [7, 11) is -4.40. The number of benzene rings is 2. The molecule has 0 bridgehead atoms. The van der Waals surface area contributed by atoms with Gasteiger partial charge in [-0.1, -0.05) is 6.07 Å². The maximum absolute atomic E-state index is 13.9. The Morgan fingerprint density at radius 2 is 1.54 bits per heavy atom. The molecular weight excluding hydrogens is 400 g/mol. The van der Waals surface area contributed by atoms with Crippen molar-refractivity contribution in [3.05, 3.63) is 64.7 Å². The number of aryl methyl sites for hydroxylation is 1. The number of hydrogen-bond donors (Lipinski definition) is 0. The number of carbonyl (C=O) groups excluding carboxylic acids is 1. The lowest BCUT2D eigenvalue weighted by atomic mass is 10.1. The molecule has 1 saturated heterocycles. The van der Waals surface area contributed by atoms with Gasteiger partial charge < -0.3 is 4.90 Å². The van der Waals surface area contributed by atoms with Crippen molar-refractivity contribution in [3.63, 3.8) is 0 Å². The number of rotatable bonds is 3.